The van der Waals surface area contributed by atoms with Gasteiger partial charge < -0.3 is 20.6 Å². The first-order chi connectivity index (χ1) is 8.90. The summed E-state index contributed by atoms with van der Waals surface area (Å²) in [4.78, 5) is 33.0. The molecule has 7 heteroatoms. The zero-order chi connectivity index (χ0) is 14.4. The summed E-state index contributed by atoms with van der Waals surface area (Å²) >= 11 is 0. The summed E-state index contributed by atoms with van der Waals surface area (Å²) in [6.07, 6.45) is -0.577. The number of phenolic OH excluding ortho intramolecular Hbond substituents is 1. The summed E-state index contributed by atoms with van der Waals surface area (Å²) in [7, 11) is 0. The normalized spacial score (nSPS) is 11.6. The van der Waals surface area contributed by atoms with Crippen molar-refractivity contribution >= 4 is 17.8 Å². The summed E-state index contributed by atoms with van der Waals surface area (Å²) in [6, 6.07) is 4.12. The van der Waals surface area contributed by atoms with Gasteiger partial charge >= 0.3 is 11.9 Å². The van der Waals surface area contributed by atoms with Crippen molar-refractivity contribution in [1.82, 2.24) is 5.32 Å². The van der Waals surface area contributed by atoms with Crippen LogP contribution >= 0.6 is 0 Å². The Balaban J connectivity index is 2.71. The van der Waals surface area contributed by atoms with Crippen LogP contribution in [0.25, 0.3) is 0 Å². The molecule has 0 radical (unpaired) electrons. The lowest BCUT2D eigenvalue weighted by atomic mass is 10.1. The van der Waals surface area contributed by atoms with E-state index in [0.717, 1.165) is 0 Å². The second-order valence-corrected chi connectivity index (χ2v) is 3.85. The van der Waals surface area contributed by atoms with Crippen molar-refractivity contribution < 1.29 is 29.7 Å². The molecule has 0 unspecified atom stereocenters. The van der Waals surface area contributed by atoms with E-state index < -0.39 is 23.9 Å². The van der Waals surface area contributed by atoms with Crippen molar-refractivity contribution in [2.75, 3.05) is 0 Å². The Morgan fingerprint density at radius 1 is 1.21 bits per heavy atom. The van der Waals surface area contributed by atoms with Crippen LogP contribution in [0.4, 0.5) is 0 Å². The number of phenols is 1. The Hall–Kier alpha value is -2.57. The number of aliphatic carboxylic acids is 2. The largest absolute Gasteiger partial charge is 0.508 e. The van der Waals surface area contributed by atoms with Crippen molar-refractivity contribution in [2.24, 2.45) is 0 Å². The maximum atomic E-state index is 11.7. The Morgan fingerprint density at radius 3 is 2.42 bits per heavy atom. The summed E-state index contributed by atoms with van der Waals surface area (Å²) in [5.74, 6) is -3.26. The summed E-state index contributed by atoms with van der Waals surface area (Å²) in [5, 5.41) is 28.8. The average Bonchev–Trinajstić information content (AvgIpc) is 2.33. The Labute approximate surface area is 108 Å². The Bertz CT molecular complexity index is 499. The second-order valence-electron chi connectivity index (χ2n) is 3.85. The minimum absolute atomic E-state index is 0.0987. The van der Waals surface area contributed by atoms with Crippen LogP contribution in [0, 0.1) is 0 Å². The Kier molecular flexibility index (Phi) is 4.87. The average molecular weight is 267 g/mol. The number of nitrogens with one attached hydrogen (secondary N) is 1. The highest BCUT2D eigenvalue weighted by Crippen LogP contribution is 2.11. The van der Waals surface area contributed by atoms with Crippen LogP contribution < -0.4 is 5.32 Å². The van der Waals surface area contributed by atoms with E-state index in [1.807, 2.05) is 0 Å². The van der Waals surface area contributed by atoms with Gasteiger partial charge in [0.25, 0.3) is 5.91 Å². The van der Waals surface area contributed by atoms with E-state index in [4.69, 9.17) is 10.2 Å². The van der Waals surface area contributed by atoms with Crippen molar-refractivity contribution in [3.05, 3.63) is 29.8 Å². The van der Waals surface area contributed by atoms with Crippen molar-refractivity contribution in [3.8, 4) is 5.75 Å². The molecular weight excluding hydrogens is 254 g/mol. The van der Waals surface area contributed by atoms with Gasteiger partial charge in [-0.15, -0.1) is 0 Å². The first-order valence-corrected chi connectivity index (χ1v) is 5.44. The van der Waals surface area contributed by atoms with Crippen LogP contribution in [0.2, 0.25) is 0 Å². The molecule has 0 aromatic heterocycles. The zero-order valence-electron chi connectivity index (χ0n) is 9.87. The number of carboxylic acid groups (broad SMARTS) is 2. The predicted molar refractivity (Wildman–Crippen MR) is 63.9 cm³/mol. The number of hydrogen-bond acceptors (Lipinski definition) is 4. The lowest BCUT2D eigenvalue weighted by Crippen LogP contribution is -2.41. The molecule has 0 aliphatic rings. The molecule has 0 aliphatic heterocycles. The number of hydrogen-bond donors (Lipinski definition) is 4. The van der Waals surface area contributed by atoms with Crippen molar-refractivity contribution in [1.29, 1.82) is 0 Å². The lowest BCUT2D eigenvalue weighted by molar-refractivity contribution is -0.140. The number of carboxylic acids is 2. The molecule has 1 aromatic carbocycles. The molecule has 1 rings (SSSR count). The molecule has 4 N–H and O–H groups in total. The number of benzene rings is 1. The summed E-state index contributed by atoms with van der Waals surface area (Å²) in [6.45, 7) is 0. The van der Waals surface area contributed by atoms with Gasteiger partial charge in [0.2, 0.25) is 0 Å². The maximum Gasteiger partial charge on any atom is 0.326 e. The number of rotatable bonds is 6. The molecule has 102 valence electrons. The third-order valence-electron chi connectivity index (χ3n) is 2.36. The third kappa shape index (κ3) is 4.66. The standard InChI is InChI=1S/C12H13NO6/c14-8-3-1-2-7(6-8)11(17)13-9(12(18)19)4-5-10(15)16/h1-3,6,9,14H,4-5H2,(H,13,17)(H,15,16)(H,18,19)/t9-/m0/s1. The molecule has 0 saturated heterocycles. The summed E-state index contributed by atoms with van der Waals surface area (Å²) in [5.41, 5.74) is 0.0987. The molecule has 0 saturated carbocycles. The topological polar surface area (TPSA) is 124 Å². The molecule has 7 nitrogen and oxygen atoms in total. The van der Waals surface area contributed by atoms with Crippen LogP contribution in [-0.2, 0) is 9.59 Å². The van der Waals surface area contributed by atoms with Gasteiger partial charge in [0, 0.05) is 12.0 Å². The van der Waals surface area contributed by atoms with Crippen LogP contribution in [0.1, 0.15) is 23.2 Å². The van der Waals surface area contributed by atoms with Gasteiger partial charge in [0.05, 0.1) is 0 Å². The number of carbonyl (C=O) groups is 3. The van der Waals surface area contributed by atoms with Gasteiger partial charge in [0.15, 0.2) is 0 Å². The lowest BCUT2D eigenvalue weighted by Gasteiger charge is -2.13. The van der Waals surface area contributed by atoms with E-state index in [2.05, 4.69) is 5.32 Å². The van der Waals surface area contributed by atoms with E-state index >= 15 is 0 Å². The highest BCUT2D eigenvalue weighted by molar-refractivity contribution is 5.96. The van der Waals surface area contributed by atoms with E-state index in [-0.39, 0.29) is 24.2 Å². The summed E-state index contributed by atoms with van der Waals surface area (Å²) < 4.78 is 0. The monoisotopic (exact) mass is 267 g/mol. The molecule has 0 aliphatic carbocycles. The van der Waals surface area contributed by atoms with Crippen LogP contribution in [0.3, 0.4) is 0 Å². The van der Waals surface area contributed by atoms with Crippen molar-refractivity contribution in [2.45, 2.75) is 18.9 Å². The molecule has 0 heterocycles. The van der Waals surface area contributed by atoms with Crippen LogP contribution in [0.5, 0.6) is 5.75 Å². The van der Waals surface area contributed by atoms with E-state index in [1.54, 1.807) is 0 Å². The quantitative estimate of drug-likeness (QED) is 0.593. The van der Waals surface area contributed by atoms with E-state index in [9.17, 15) is 19.5 Å². The molecule has 1 atom stereocenters. The number of amides is 1. The highest BCUT2D eigenvalue weighted by atomic mass is 16.4. The minimum Gasteiger partial charge on any atom is -0.508 e. The maximum absolute atomic E-state index is 11.7. The highest BCUT2D eigenvalue weighted by Gasteiger charge is 2.21. The van der Waals surface area contributed by atoms with Gasteiger partial charge in [-0.25, -0.2) is 4.79 Å². The van der Waals surface area contributed by atoms with Gasteiger partial charge in [-0.1, -0.05) is 6.07 Å². The predicted octanol–water partition coefficient (Wildman–Crippen LogP) is 0.440. The SMILES string of the molecule is O=C(O)CC[C@H](NC(=O)c1cccc(O)c1)C(=O)O. The minimum atomic E-state index is -1.31. The van der Waals surface area contributed by atoms with Gasteiger partial charge in [-0.3, -0.25) is 9.59 Å². The first-order valence-electron chi connectivity index (χ1n) is 5.44. The molecule has 0 bridgehead atoms. The number of carbonyl (C=O) groups excluding carboxylic acids is 1. The third-order valence-corrected chi connectivity index (χ3v) is 2.36. The smallest absolute Gasteiger partial charge is 0.326 e. The van der Waals surface area contributed by atoms with Crippen LogP contribution in [-0.4, -0.2) is 39.2 Å². The second kappa shape index (κ2) is 6.39. The fourth-order valence-corrected chi connectivity index (χ4v) is 1.41. The molecule has 0 spiro atoms. The molecule has 0 fully saturated rings. The van der Waals surface area contributed by atoms with Gasteiger partial charge in [-0.2, -0.15) is 0 Å². The molecular formula is C12H13NO6. The molecule has 19 heavy (non-hydrogen) atoms. The van der Waals surface area contributed by atoms with E-state index in [1.165, 1.54) is 24.3 Å². The van der Waals surface area contributed by atoms with Crippen molar-refractivity contribution in [3.63, 3.8) is 0 Å². The Morgan fingerprint density at radius 2 is 1.89 bits per heavy atom. The fraction of sp³-hybridized carbons (Fsp3) is 0.250. The van der Waals surface area contributed by atoms with Gasteiger partial charge in [-0.05, 0) is 24.6 Å². The molecule has 1 aromatic rings. The molecule has 1 amide bonds. The van der Waals surface area contributed by atoms with Crippen LogP contribution in [0.15, 0.2) is 24.3 Å². The number of aromatic hydroxyl groups is 1. The fourth-order valence-electron chi connectivity index (χ4n) is 1.41. The van der Waals surface area contributed by atoms with Gasteiger partial charge in [0.1, 0.15) is 11.8 Å². The first kappa shape index (κ1) is 14.5. The van der Waals surface area contributed by atoms with E-state index in [0.29, 0.717) is 0 Å². The zero-order valence-corrected chi connectivity index (χ0v) is 9.87.